The van der Waals surface area contributed by atoms with Crippen molar-refractivity contribution in [2.75, 3.05) is 0 Å². The Balaban J connectivity index is 1.08. The fourth-order valence-corrected chi connectivity index (χ4v) is 9.98. The zero-order chi connectivity index (χ0) is 41.4. The molecule has 2 heterocycles. The smallest absolute Gasteiger partial charge is 0.160 e. The lowest BCUT2D eigenvalue weighted by atomic mass is 9.81. The van der Waals surface area contributed by atoms with Crippen LogP contribution in [0, 0.1) is 0 Å². The van der Waals surface area contributed by atoms with Gasteiger partial charge < -0.3 is 4.57 Å². The minimum absolute atomic E-state index is 0.108. The van der Waals surface area contributed by atoms with Crippen molar-refractivity contribution < 1.29 is 0 Å². The summed E-state index contributed by atoms with van der Waals surface area (Å²) in [6.45, 7) is 4.72. The van der Waals surface area contributed by atoms with Crippen molar-refractivity contribution in [3.05, 3.63) is 223 Å². The van der Waals surface area contributed by atoms with Crippen LogP contribution in [0.15, 0.2) is 212 Å². The van der Waals surface area contributed by atoms with Gasteiger partial charge in [0.1, 0.15) is 0 Å². The van der Waals surface area contributed by atoms with E-state index in [0.29, 0.717) is 5.82 Å². The first-order chi connectivity index (χ1) is 30.5. The third-order valence-electron chi connectivity index (χ3n) is 13.0. The molecule has 0 aliphatic heterocycles. The van der Waals surface area contributed by atoms with Crippen molar-refractivity contribution in [1.82, 2.24) is 14.5 Å². The van der Waals surface area contributed by atoms with Gasteiger partial charge in [-0.1, -0.05) is 184 Å². The van der Waals surface area contributed by atoms with Gasteiger partial charge in [-0.25, -0.2) is 9.97 Å². The first-order valence-corrected chi connectivity index (χ1v) is 21.4. The van der Waals surface area contributed by atoms with E-state index in [1.807, 2.05) is 24.3 Å². The summed E-state index contributed by atoms with van der Waals surface area (Å²) in [5.41, 5.74) is 18.4. The second kappa shape index (κ2) is 14.1. The van der Waals surface area contributed by atoms with Gasteiger partial charge in [0.15, 0.2) is 5.82 Å². The van der Waals surface area contributed by atoms with Crippen LogP contribution in [0.1, 0.15) is 25.0 Å². The number of aromatic nitrogens is 3. The molecule has 0 N–H and O–H groups in total. The van der Waals surface area contributed by atoms with E-state index in [2.05, 4.69) is 206 Å². The molecule has 0 bridgehead atoms. The van der Waals surface area contributed by atoms with Gasteiger partial charge >= 0.3 is 0 Å². The Labute approximate surface area is 361 Å². The molecule has 1 aliphatic rings. The Kier molecular flexibility index (Phi) is 8.20. The molecule has 0 amide bonds. The summed E-state index contributed by atoms with van der Waals surface area (Å²) in [5.74, 6) is 0.708. The summed E-state index contributed by atoms with van der Waals surface area (Å²) in [7, 11) is 0. The van der Waals surface area contributed by atoms with Crippen LogP contribution in [0.4, 0.5) is 0 Å². The van der Waals surface area contributed by atoms with Crippen molar-refractivity contribution in [2.45, 2.75) is 19.3 Å². The van der Waals surface area contributed by atoms with Gasteiger partial charge in [-0.05, 0) is 97.7 Å². The average Bonchev–Trinajstić information content (AvgIpc) is 3.79. The van der Waals surface area contributed by atoms with Gasteiger partial charge in [0.25, 0.3) is 0 Å². The monoisotopic (exact) mass is 791 g/mol. The molecule has 0 atom stereocenters. The van der Waals surface area contributed by atoms with Crippen LogP contribution in [0.5, 0.6) is 0 Å². The summed E-state index contributed by atoms with van der Waals surface area (Å²) in [4.78, 5) is 10.3. The maximum Gasteiger partial charge on any atom is 0.160 e. The number of rotatable bonds is 6. The second-order valence-corrected chi connectivity index (χ2v) is 17.0. The number of benzene rings is 9. The van der Waals surface area contributed by atoms with Crippen molar-refractivity contribution in [2.24, 2.45) is 0 Å². The highest BCUT2D eigenvalue weighted by Crippen LogP contribution is 2.50. The second-order valence-electron chi connectivity index (χ2n) is 17.0. The van der Waals surface area contributed by atoms with E-state index in [9.17, 15) is 0 Å². The fourth-order valence-electron chi connectivity index (χ4n) is 9.98. The number of hydrogen-bond donors (Lipinski definition) is 0. The van der Waals surface area contributed by atoms with Crippen LogP contribution in [-0.4, -0.2) is 14.5 Å². The predicted molar refractivity (Wildman–Crippen MR) is 259 cm³/mol. The van der Waals surface area contributed by atoms with E-state index in [4.69, 9.17) is 9.97 Å². The van der Waals surface area contributed by atoms with E-state index in [-0.39, 0.29) is 5.41 Å². The minimum Gasteiger partial charge on any atom is -0.309 e. The average molecular weight is 792 g/mol. The molecule has 9 aromatic carbocycles. The maximum atomic E-state index is 5.25. The number of para-hydroxylation sites is 2. The van der Waals surface area contributed by atoms with Crippen LogP contribution in [-0.2, 0) is 5.41 Å². The Morgan fingerprint density at radius 1 is 0.339 bits per heavy atom. The molecule has 0 spiro atoms. The topological polar surface area (TPSA) is 30.7 Å². The van der Waals surface area contributed by atoms with Crippen LogP contribution >= 0.6 is 0 Å². The van der Waals surface area contributed by atoms with Crippen LogP contribution < -0.4 is 0 Å². The molecule has 0 radical (unpaired) electrons. The summed E-state index contributed by atoms with van der Waals surface area (Å²) in [6, 6.07) is 76.8. The Bertz CT molecular complexity index is 3430. The molecule has 12 rings (SSSR count). The molecule has 0 saturated carbocycles. The van der Waals surface area contributed by atoms with E-state index in [1.165, 1.54) is 66.1 Å². The lowest BCUT2D eigenvalue weighted by molar-refractivity contribution is 0.660. The molecule has 3 nitrogen and oxygen atoms in total. The molecular formula is C59H41N3. The molecule has 1 aliphatic carbocycles. The Morgan fingerprint density at radius 3 is 1.60 bits per heavy atom. The molecule has 11 aromatic rings. The van der Waals surface area contributed by atoms with Gasteiger partial charge in [0, 0.05) is 38.6 Å². The summed E-state index contributed by atoms with van der Waals surface area (Å²) >= 11 is 0. The first kappa shape index (κ1) is 36.0. The van der Waals surface area contributed by atoms with Crippen LogP contribution in [0.25, 0.3) is 106 Å². The van der Waals surface area contributed by atoms with E-state index >= 15 is 0 Å². The highest BCUT2D eigenvalue weighted by Gasteiger charge is 2.35. The van der Waals surface area contributed by atoms with E-state index in [0.717, 1.165) is 44.7 Å². The molecular weight excluding hydrogens is 751 g/mol. The van der Waals surface area contributed by atoms with Gasteiger partial charge in [-0.3, -0.25) is 0 Å². The Hall–Kier alpha value is -7.88. The van der Waals surface area contributed by atoms with Crippen molar-refractivity contribution in [3.8, 4) is 73.0 Å². The number of nitrogens with zero attached hydrogens (tertiary/aromatic N) is 3. The van der Waals surface area contributed by atoms with Crippen molar-refractivity contribution in [3.63, 3.8) is 0 Å². The molecule has 2 aromatic heterocycles. The summed E-state index contributed by atoms with van der Waals surface area (Å²) < 4.78 is 2.44. The van der Waals surface area contributed by atoms with E-state index in [1.54, 1.807) is 0 Å². The fraction of sp³-hybridized carbons (Fsp3) is 0.0508. The molecule has 3 heteroatoms. The molecule has 0 unspecified atom stereocenters. The third kappa shape index (κ3) is 5.73. The molecule has 0 fully saturated rings. The minimum atomic E-state index is -0.108. The van der Waals surface area contributed by atoms with Gasteiger partial charge in [-0.2, -0.15) is 0 Å². The normalized spacial score (nSPS) is 12.8. The first-order valence-electron chi connectivity index (χ1n) is 21.4. The largest absolute Gasteiger partial charge is 0.309 e. The number of fused-ring (bicyclic) bond motifs is 7. The predicted octanol–water partition coefficient (Wildman–Crippen LogP) is 15.4. The van der Waals surface area contributed by atoms with Crippen LogP contribution in [0.2, 0.25) is 0 Å². The van der Waals surface area contributed by atoms with Gasteiger partial charge in [0.05, 0.1) is 22.4 Å². The quantitative estimate of drug-likeness (QED) is 0.168. The maximum absolute atomic E-state index is 5.25. The molecule has 62 heavy (non-hydrogen) atoms. The summed E-state index contributed by atoms with van der Waals surface area (Å²) in [5, 5.41) is 4.80. The third-order valence-corrected chi connectivity index (χ3v) is 13.0. The highest BCUT2D eigenvalue weighted by molar-refractivity contribution is 6.10. The van der Waals surface area contributed by atoms with Gasteiger partial charge in [0.2, 0.25) is 0 Å². The zero-order valence-electron chi connectivity index (χ0n) is 34.5. The van der Waals surface area contributed by atoms with Crippen molar-refractivity contribution in [1.29, 1.82) is 0 Å². The van der Waals surface area contributed by atoms with Gasteiger partial charge in [-0.15, -0.1) is 0 Å². The highest BCUT2D eigenvalue weighted by atomic mass is 15.0. The molecule has 0 saturated heterocycles. The van der Waals surface area contributed by atoms with E-state index < -0.39 is 0 Å². The van der Waals surface area contributed by atoms with Crippen LogP contribution in [0.3, 0.4) is 0 Å². The molecule has 292 valence electrons. The van der Waals surface area contributed by atoms with Crippen molar-refractivity contribution >= 4 is 32.6 Å². The lowest BCUT2D eigenvalue weighted by Gasteiger charge is -2.22. The Morgan fingerprint density at radius 2 is 0.871 bits per heavy atom. The SMILES string of the molecule is CC1(C)c2ccccc2-c2ccc(-c3cc(-c4ccc(-c5cc(-c6ccccc6)nc(-c6ccccc6)n5)c5ccccc45)cc(-n4c5ccccc5c5ccccc54)c3)cc21. The summed E-state index contributed by atoms with van der Waals surface area (Å²) in [6.07, 6.45) is 0. The number of hydrogen-bond acceptors (Lipinski definition) is 2. The lowest BCUT2D eigenvalue weighted by Crippen LogP contribution is -2.14. The standard InChI is InChI=1S/C59H41N3/c1-59(2)52-26-14-11-23-47(52)48-30-29-40(36-53(48)59)41-33-42(35-43(34-41)62-56-27-15-12-24-50(56)51-25-13-16-28-57(51)62)44-31-32-49(46-22-10-9-21-45(44)46)55-37-54(38-17-5-3-6-18-38)60-58(61-55)39-19-7-4-8-20-39/h3-37H,1-2H3. The zero-order valence-corrected chi connectivity index (χ0v) is 34.5.